The Balaban J connectivity index is 1.64. The maximum atomic E-state index is 12.6. The number of hydrogen-bond acceptors (Lipinski definition) is 4. The first-order valence-corrected chi connectivity index (χ1v) is 7.83. The molecule has 6 heteroatoms. The van der Waals surface area contributed by atoms with E-state index in [1.54, 1.807) is 17.1 Å². The molecular formula is C15H24N4O2. The molecule has 0 aliphatic carbocycles. The molecule has 0 aromatic carbocycles. The number of carbonyl (C=O) groups excluding carboxylic acids is 1. The number of amides is 1. The van der Waals surface area contributed by atoms with Crippen molar-refractivity contribution in [3.05, 3.63) is 18.2 Å². The number of rotatable bonds is 3. The van der Waals surface area contributed by atoms with Crippen molar-refractivity contribution in [2.24, 2.45) is 7.05 Å². The molecule has 1 unspecified atom stereocenters. The lowest BCUT2D eigenvalue weighted by Gasteiger charge is -2.27. The summed E-state index contributed by atoms with van der Waals surface area (Å²) in [6.07, 6.45) is 6.91. The van der Waals surface area contributed by atoms with E-state index in [2.05, 4.69) is 9.88 Å². The standard InChI is InChI=1S/C15H24N4O2/c1-17-12-16-9-14(17)15(20)19-7-4-8-21-13(11-19)10-18-5-2-3-6-18/h9,12-13H,2-8,10-11H2,1H3. The van der Waals surface area contributed by atoms with Crippen molar-refractivity contribution in [2.45, 2.75) is 25.4 Å². The molecule has 3 heterocycles. The second-order valence-corrected chi connectivity index (χ2v) is 6.00. The summed E-state index contributed by atoms with van der Waals surface area (Å²) in [4.78, 5) is 21.0. The van der Waals surface area contributed by atoms with Crippen LogP contribution >= 0.6 is 0 Å². The number of hydrogen-bond donors (Lipinski definition) is 0. The summed E-state index contributed by atoms with van der Waals surface area (Å²) in [5, 5.41) is 0. The first kappa shape index (κ1) is 14.5. The lowest BCUT2D eigenvalue weighted by molar-refractivity contribution is 0.0295. The number of aromatic nitrogens is 2. The van der Waals surface area contributed by atoms with Gasteiger partial charge in [-0.05, 0) is 32.4 Å². The van der Waals surface area contributed by atoms with Gasteiger partial charge in [-0.2, -0.15) is 0 Å². The SMILES string of the molecule is Cn1cncc1C(=O)N1CCCOC(CN2CCCC2)C1. The quantitative estimate of drug-likeness (QED) is 0.825. The van der Waals surface area contributed by atoms with Crippen molar-refractivity contribution in [1.29, 1.82) is 0 Å². The van der Waals surface area contributed by atoms with Crippen LogP contribution in [0.5, 0.6) is 0 Å². The van der Waals surface area contributed by atoms with Crippen LogP contribution in [0, 0.1) is 0 Å². The predicted octanol–water partition coefficient (Wildman–Crippen LogP) is 0.747. The Bertz CT molecular complexity index is 482. The highest BCUT2D eigenvalue weighted by molar-refractivity contribution is 5.92. The van der Waals surface area contributed by atoms with E-state index in [1.807, 2.05) is 11.9 Å². The largest absolute Gasteiger partial charge is 0.375 e. The van der Waals surface area contributed by atoms with Crippen LogP contribution in [0.3, 0.4) is 0 Å². The van der Waals surface area contributed by atoms with Crippen molar-refractivity contribution in [2.75, 3.05) is 39.3 Å². The van der Waals surface area contributed by atoms with Crippen molar-refractivity contribution >= 4 is 5.91 Å². The average molecular weight is 292 g/mol. The molecule has 0 radical (unpaired) electrons. The van der Waals surface area contributed by atoms with Gasteiger partial charge in [0.25, 0.3) is 5.91 Å². The maximum Gasteiger partial charge on any atom is 0.272 e. The molecule has 116 valence electrons. The Morgan fingerprint density at radius 2 is 2.14 bits per heavy atom. The van der Waals surface area contributed by atoms with Gasteiger partial charge in [0.2, 0.25) is 0 Å². The molecule has 2 saturated heterocycles. The molecule has 1 aromatic heterocycles. The third-order valence-electron chi connectivity index (χ3n) is 4.33. The van der Waals surface area contributed by atoms with Gasteiger partial charge in [-0.3, -0.25) is 4.79 Å². The molecule has 1 atom stereocenters. The highest BCUT2D eigenvalue weighted by Crippen LogP contribution is 2.14. The number of likely N-dealkylation sites (tertiary alicyclic amines) is 1. The van der Waals surface area contributed by atoms with Crippen molar-refractivity contribution in [3.8, 4) is 0 Å². The summed E-state index contributed by atoms with van der Waals surface area (Å²) in [6, 6.07) is 0. The first-order valence-electron chi connectivity index (χ1n) is 7.83. The van der Waals surface area contributed by atoms with E-state index in [1.165, 1.54) is 12.8 Å². The minimum atomic E-state index is 0.0620. The molecule has 0 spiro atoms. The Hall–Kier alpha value is -1.40. The van der Waals surface area contributed by atoms with Crippen LogP contribution in [0.15, 0.2) is 12.5 Å². The van der Waals surface area contributed by atoms with Crippen LogP contribution in [0.2, 0.25) is 0 Å². The van der Waals surface area contributed by atoms with E-state index in [9.17, 15) is 4.79 Å². The molecule has 1 amide bonds. The first-order chi connectivity index (χ1) is 10.2. The lowest BCUT2D eigenvalue weighted by Crippen LogP contribution is -2.42. The van der Waals surface area contributed by atoms with Gasteiger partial charge in [-0.1, -0.05) is 0 Å². The van der Waals surface area contributed by atoms with Crippen LogP contribution < -0.4 is 0 Å². The average Bonchev–Trinajstić information content (AvgIpc) is 3.06. The third-order valence-corrected chi connectivity index (χ3v) is 4.33. The van der Waals surface area contributed by atoms with E-state index in [0.29, 0.717) is 12.2 Å². The molecule has 2 fully saturated rings. The number of aryl methyl sites for hydroxylation is 1. The van der Waals surface area contributed by atoms with Crippen molar-refractivity contribution in [1.82, 2.24) is 19.4 Å². The zero-order valence-corrected chi connectivity index (χ0v) is 12.7. The second kappa shape index (κ2) is 6.58. The Kier molecular flexibility index (Phi) is 4.55. The zero-order chi connectivity index (χ0) is 14.7. The molecule has 2 aliphatic heterocycles. The lowest BCUT2D eigenvalue weighted by atomic mass is 10.2. The predicted molar refractivity (Wildman–Crippen MR) is 79.1 cm³/mol. The second-order valence-electron chi connectivity index (χ2n) is 6.00. The smallest absolute Gasteiger partial charge is 0.272 e. The summed E-state index contributed by atoms with van der Waals surface area (Å²) in [5.41, 5.74) is 0.650. The van der Waals surface area contributed by atoms with Gasteiger partial charge in [0.1, 0.15) is 5.69 Å². The zero-order valence-electron chi connectivity index (χ0n) is 12.7. The fraction of sp³-hybridized carbons (Fsp3) is 0.733. The van der Waals surface area contributed by atoms with Crippen LogP contribution in [0.25, 0.3) is 0 Å². The summed E-state index contributed by atoms with van der Waals surface area (Å²) in [7, 11) is 1.86. The van der Waals surface area contributed by atoms with Crippen LogP contribution in [-0.4, -0.2) is 70.7 Å². The molecule has 6 nitrogen and oxygen atoms in total. The number of nitrogens with zero attached hydrogens (tertiary/aromatic N) is 4. The summed E-state index contributed by atoms with van der Waals surface area (Å²) in [6.45, 7) is 5.45. The minimum absolute atomic E-state index is 0.0620. The molecule has 0 N–H and O–H groups in total. The summed E-state index contributed by atoms with van der Waals surface area (Å²) < 4.78 is 7.72. The van der Waals surface area contributed by atoms with Gasteiger partial charge in [-0.25, -0.2) is 4.98 Å². The number of ether oxygens (including phenoxy) is 1. The maximum absolute atomic E-state index is 12.6. The molecule has 0 bridgehead atoms. The minimum Gasteiger partial charge on any atom is -0.375 e. The van der Waals surface area contributed by atoms with E-state index in [4.69, 9.17) is 4.74 Å². The van der Waals surface area contributed by atoms with E-state index < -0.39 is 0 Å². The van der Waals surface area contributed by atoms with Gasteiger partial charge in [-0.15, -0.1) is 0 Å². The topological polar surface area (TPSA) is 50.6 Å². The van der Waals surface area contributed by atoms with Gasteiger partial charge >= 0.3 is 0 Å². The normalized spacial score (nSPS) is 24.2. The van der Waals surface area contributed by atoms with Crippen LogP contribution in [-0.2, 0) is 11.8 Å². The number of carbonyl (C=O) groups is 1. The highest BCUT2D eigenvalue weighted by atomic mass is 16.5. The van der Waals surface area contributed by atoms with Crippen LogP contribution in [0.1, 0.15) is 29.8 Å². The summed E-state index contributed by atoms with van der Waals surface area (Å²) in [5.74, 6) is 0.0620. The van der Waals surface area contributed by atoms with Gasteiger partial charge in [0.15, 0.2) is 0 Å². The fourth-order valence-electron chi connectivity index (χ4n) is 3.17. The summed E-state index contributed by atoms with van der Waals surface area (Å²) >= 11 is 0. The Morgan fingerprint density at radius 1 is 1.33 bits per heavy atom. The van der Waals surface area contributed by atoms with E-state index in [0.717, 1.165) is 39.2 Å². The monoisotopic (exact) mass is 292 g/mol. The molecule has 21 heavy (non-hydrogen) atoms. The molecular weight excluding hydrogens is 268 g/mol. The van der Waals surface area contributed by atoms with Gasteiger partial charge < -0.3 is 19.1 Å². The number of imidazole rings is 1. The molecule has 2 aliphatic rings. The fourth-order valence-corrected chi connectivity index (χ4v) is 3.17. The van der Waals surface area contributed by atoms with Crippen molar-refractivity contribution < 1.29 is 9.53 Å². The third kappa shape index (κ3) is 3.44. The Morgan fingerprint density at radius 3 is 2.86 bits per heavy atom. The van der Waals surface area contributed by atoms with E-state index >= 15 is 0 Å². The van der Waals surface area contributed by atoms with Crippen molar-refractivity contribution in [3.63, 3.8) is 0 Å². The molecule has 1 aromatic rings. The van der Waals surface area contributed by atoms with Gasteiger partial charge in [0, 0.05) is 33.3 Å². The van der Waals surface area contributed by atoms with Gasteiger partial charge in [0.05, 0.1) is 18.6 Å². The molecule has 3 rings (SSSR count). The Labute approximate surface area is 125 Å². The van der Waals surface area contributed by atoms with E-state index in [-0.39, 0.29) is 12.0 Å². The highest BCUT2D eigenvalue weighted by Gasteiger charge is 2.26. The molecule has 0 saturated carbocycles. The van der Waals surface area contributed by atoms with Crippen LogP contribution in [0.4, 0.5) is 0 Å².